The summed E-state index contributed by atoms with van der Waals surface area (Å²) in [5, 5.41) is 8.01. The minimum Gasteiger partial charge on any atom is -0.488 e. The molecular formula is C17H17ClN4O4. The maximum atomic E-state index is 6.11. The zero-order valence-corrected chi connectivity index (χ0v) is 14.6. The highest BCUT2D eigenvalue weighted by Gasteiger charge is 2.17. The van der Waals surface area contributed by atoms with E-state index in [1.54, 1.807) is 6.07 Å². The molecule has 1 atom stereocenters. The fraction of sp³-hybridized carbons (Fsp3) is 0.353. The lowest BCUT2D eigenvalue weighted by Gasteiger charge is -2.23. The summed E-state index contributed by atoms with van der Waals surface area (Å²) in [5.41, 5.74) is 1.39. The van der Waals surface area contributed by atoms with Crippen LogP contribution in [-0.4, -0.2) is 47.7 Å². The van der Waals surface area contributed by atoms with Crippen molar-refractivity contribution in [2.75, 3.05) is 31.7 Å². The molecule has 1 aliphatic heterocycles. The summed E-state index contributed by atoms with van der Waals surface area (Å²) in [6.45, 7) is 2.55. The molecule has 26 heavy (non-hydrogen) atoms. The highest BCUT2D eigenvalue weighted by molar-refractivity contribution is 6.29. The second-order valence-electron chi connectivity index (χ2n) is 5.72. The van der Waals surface area contributed by atoms with Gasteiger partial charge in [0.05, 0.1) is 26.4 Å². The minimum atomic E-state index is -0.0962. The van der Waals surface area contributed by atoms with Crippen LogP contribution in [0, 0.1) is 0 Å². The van der Waals surface area contributed by atoms with Gasteiger partial charge < -0.3 is 24.1 Å². The number of anilines is 1. The van der Waals surface area contributed by atoms with E-state index < -0.39 is 0 Å². The molecule has 136 valence electrons. The Balaban J connectivity index is 1.56. The number of halogens is 1. The first-order chi connectivity index (χ1) is 12.8. The maximum Gasteiger partial charge on any atom is 0.225 e. The van der Waals surface area contributed by atoms with Gasteiger partial charge in [0.2, 0.25) is 5.28 Å². The molecule has 1 saturated heterocycles. The molecule has 1 aromatic carbocycles. The van der Waals surface area contributed by atoms with Crippen molar-refractivity contribution in [3.8, 4) is 5.75 Å². The van der Waals surface area contributed by atoms with Crippen molar-refractivity contribution in [2.24, 2.45) is 0 Å². The smallest absolute Gasteiger partial charge is 0.225 e. The zero-order valence-electron chi connectivity index (χ0n) is 13.9. The molecule has 3 aromatic rings. The van der Waals surface area contributed by atoms with Gasteiger partial charge in [-0.3, -0.25) is 0 Å². The first-order valence-corrected chi connectivity index (χ1v) is 8.59. The third kappa shape index (κ3) is 3.87. The Kier molecular flexibility index (Phi) is 5.14. The van der Waals surface area contributed by atoms with E-state index in [9.17, 15) is 0 Å². The highest BCUT2D eigenvalue weighted by atomic mass is 35.5. The van der Waals surface area contributed by atoms with Crippen LogP contribution in [-0.2, 0) is 16.0 Å². The van der Waals surface area contributed by atoms with Gasteiger partial charge in [0.1, 0.15) is 41.8 Å². The van der Waals surface area contributed by atoms with Crippen LogP contribution in [0.4, 0.5) is 5.82 Å². The van der Waals surface area contributed by atoms with Crippen molar-refractivity contribution < 1.29 is 18.7 Å². The molecule has 0 bridgehead atoms. The molecule has 0 saturated carbocycles. The number of benzene rings is 1. The number of fused-ring (bicyclic) bond motifs is 1. The van der Waals surface area contributed by atoms with Gasteiger partial charge >= 0.3 is 0 Å². The number of nitrogens with one attached hydrogen (secondary N) is 1. The monoisotopic (exact) mass is 376 g/mol. The third-order valence-electron chi connectivity index (χ3n) is 3.90. The Bertz CT molecular complexity index is 869. The van der Waals surface area contributed by atoms with Crippen molar-refractivity contribution in [1.82, 2.24) is 15.1 Å². The highest BCUT2D eigenvalue weighted by Crippen LogP contribution is 2.30. The second-order valence-corrected chi connectivity index (χ2v) is 6.05. The average molecular weight is 377 g/mol. The van der Waals surface area contributed by atoms with Gasteiger partial charge in [-0.05, 0) is 23.7 Å². The summed E-state index contributed by atoms with van der Waals surface area (Å²) in [4.78, 5) is 8.60. The Hall–Kier alpha value is -2.42. The Morgan fingerprint density at radius 3 is 3.00 bits per heavy atom. The van der Waals surface area contributed by atoms with E-state index in [1.807, 2.05) is 18.2 Å². The normalized spacial score (nSPS) is 17.3. The van der Waals surface area contributed by atoms with Crippen LogP contribution >= 0.6 is 11.6 Å². The molecule has 3 heterocycles. The molecular weight excluding hydrogens is 360 g/mol. The number of ether oxygens (including phenoxy) is 3. The predicted molar refractivity (Wildman–Crippen MR) is 94.4 cm³/mol. The summed E-state index contributed by atoms with van der Waals surface area (Å²) in [7, 11) is 0. The SMILES string of the molecule is Clc1nc(NCc2ccon2)c2cccc(OCC3COCCO3)c2n1. The summed E-state index contributed by atoms with van der Waals surface area (Å²) < 4.78 is 21.7. The largest absolute Gasteiger partial charge is 0.488 e. The van der Waals surface area contributed by atoms with Gasteiger partial charge in [-0.15, -0.1) is 0 Å². The van der Waals surface area contributed by atoms with Crippen LogP contribution in [0.25, 0.3) is 10.9 Å². The Morgan fingerprint density at radius 2 is 2.19 bits per heavy atom. The van der Waals surface area contributed by atoms with E-state index in [0.29, 0.717) is 50.1 Å². The van der Waals surface area contributed by atoms with Crippen LogP contribution in [0.2, 0.25) is 5.28 Å². The standard InChI is InChI=1S/C17H17ClN4O4/c18-17-20-15-13(16(21-17)19-8-11-4-5-26-22-11)2-1-3-14(15)25-10-12-9-23-6-7-24-12/h1-5,12H,6-10H2,(H,19,20,21). The van der Waals surface area contributed by atoms with Crippen LogP contribution < -0.4 is 10.1 Å². The van der Waals surface area contributed by atoms with E-state index in [0.717, 1.165) is 11.1 Å². The van der Waals surface area contributed by atoms with E-state index in [2.05, 4.69) is 20.4 Å². The first kappa shape index (κ1) is 17.0. The molecule has 0 spiro atoms. The van der Waals surface area contributed by atoms with Crippen molar-refractivity contribution in [2.45, 2.75) is 12.6 Å². The average Bonchev–Trinajstić information content (AvgIpc) is 3.19. The quantitative estimate of drug-likeness (QED) is 0.656. The lowest BCUT2D eigenvalue weighted by molar-refractivity contribution is -0.101. The van der Waals surface area contributed by atoms with Crippen LogP contribution in [0.1, 0.15) is 5.69 Å². The molecule has 9 heteroatoms. The van der Waals surface area contributed by atoms with Crippen molar-refractivity contribution in [1.29, 1.82) is 0 Å². The number of nitrogens with zero attached hydrogens (tertiary/aromatic N) is 3. The van der Waals surface area contributed by atoms with Gasteiger partial charge in [-0.2, -0.15) is 0 Å². The topological polar surface area (TPSA) is 91.5 Å². The summed E-state index contributed by atoms with van der Waals surface area (Å²) in [6.07, 6.45) is 1.42. The van der Waals surface area contributed by atoms with Crippen LogP contribution in [0.5, 0.6) is 5.75 Å². The van der Waals surface area contributed by atoms with Gasteiger partial charge in [0, 0.05) is 11.5 Å². The summed E-state index contributed by atoms with van der Waals surface area (Å²) in [6, 6.07) is 7.41. The van der Waals surface area contributed by atoms with E-state index in [1.165, 1.54) is 6.26 Å². The molecule has 1 fully saturated rings. The van der Waals surface area contributed by atoms with Gasteiger partial charge in [-0.1, -0.05) is 11.2 Å². The molecule has 0 aliphatic carbocycles. The number of para-hydroxylation sites is 1. The lowest BCUT2D eigenvalue weighted by atomic mass is 10.2. The second kappa shape index (κ2) is 7.86. The summed E-state index contributed by atoms with van der Waals surface area (Å²) >= 11 is 6.11. The first-order valence-electron chi connectivity index (χ1n) is 8.21. The molecule has 1 aliphatic rings. The Morgan fingerprint density at radius 1 is 1.23 bits per heavy atom. The number of rotatable bonds is 6. The van der Waals surface area contributed by atoms with E-state index in [4.69, 9.17) is 30.3 Å². The van der Waals surface area contributed by atoms with Crippen LogP contribution in [0.3, 0.4) is 0 Å². The fourth-order valence-electron chi connectivity index (χ4n) is 2.67. The van der Waals surface area contributed by atoms with E-state index >= 15 is 0 Å². The van der Waals surface area contributed by atoms with Gasteiger partial charge in [-0.25, -0.2) is 9.97 Å². The third-order valence-corrected chi connectivity index (χ3v) is 4.07. The fourth-order valence-corrected chi connectivity index (χ4v) is 2.84. The van der Waals surface area contributed by atoms with Gasteiger partial charge in [0.15, 0.2) is 0 Å². The molecule has 1 unspecified atom stereocenters. The Labute approximate surface area is 154 Å². The maximum absolute atomic E-state index is 6.11. The van der Waals surface area contributed by atoms with Crippen LogP contribution in [0.15, 0.2) is 35.1 Å². The molecule has 0 amide bonds. The predicted octanol–water partition coefficient (Wildman–Crippen LogP) is 2.68. The number of hydrogen-bond donors (Lipinski definition) is 1. The minimum absolute atomic E-state index is 0.0962. The summed E-state index contributed by atoms with van der Waals surface area (Å²) in [5.74, 6) is 1.22. The number of hydrogen-bond acceptors (Lipinski definition) is 8. The molecule has 4 rings (SSSR count). The van der Waals surface area contributed by atoms with Crippen molar-refractivity contribution in [3.63, 3.8) is 0 Å². The van der Waals surface area contributed by atoms with Gasteiger partial charge in [0.25, 0.3) is 0 Å². The molecule has 0 radical (unpaired) electrons. The zero-order chi connectivity index (χ0) is 17.8. The van der Waals surface area contributed by atoms with E-state index in [-0.39, 0.29) is 11.4 Å². The molecule has 8 nitrogen and oxygen atoms in total. The lowest BCUT2D eigenvalue weighted by Crippen LogP contribution is -2.33. The number of aromatic nitrogens is 3. The molecule has 2 aromatic heterocycles. The van der Waals surface area contributed by atoms with Crippen molar-refractivity contribution in [3.05, 3.63) is 41.5 Å². The van der Waals surface area contributed by atoms with Crippen molar-refractivity contribution >= 4 is 28.3 Å². The molecule has 1 N–H and O–H groups in total.